The van der Waals surface area contributed by atoms with Gasteiger partial charge >= 0.3 is 0 Å². The quantitative estimate of drug-likeness (QED) is 0.865. The Labute approximate surface area is 117 Å². The van der Waals surface area contributed by atoms with Crippen molar-refractivity contribution in [2.45, 2.75) is 38.8 Å². The van der Waals surface area contributed by atoms with Gasteiger partial charge in [0.05, 0.1) is 0 Å². The van der Waals surface area contributed by atoms with Crippen LogP contribution in [0.2, 0.25) is 5.02 Å². The zero-order valence-electron chi connectivity index (χ0n) is 10.7. The van der Waals surface area contributed by atoms with Crippen LogP contribution in [0.25, 0.3) is 0 Å². The fraction of sp³-hybridized carbons (Fsp3) is 0.429. The van der Waals surface area contributed by atoms with Gasteiger partial charge in [-0.2, -0.15) is 0 Å². The van der Waals surface area contributed by atoms with Gasteiger partial charge in [0.15, 0.2) is 5.82 Å². The Morgan fingerprint density at radius 2 is 1.95 bits per heavy atom. The van der Waals surface area contributed by atoms with Crippen LogP contribution in [0.5, 0.6) is 5.75 Å². The first-order valence-corrected chi connectivity index (χ1v) is 7.00. The first kappa shape index (κ1) is 12.5. The normalized spacial score (nSPS) is 14.8. The summed E-state index contributed by atoms with van der Waals surface area (Å²) in [7, 11) is 0. The molecule has 0 spiro atoms. The number of rotatable bonds is 3. The Morgan fingerprint density at radius 3 is 2.79 bits per heavy atom. The van der Waals surface area contributed by atoms with E-state index >= 15 is 0 Å². The van der Waals surface area contributed by atoms with Crippen LogP contribution in [0, 0.1) is 0 Å². The summed E-state index contributed by atoms with van der Waals surface area (Å²) in [5.41, 5.74) is 0. The molecular formula is C14H16ClN3O. The number of fused-ring (bicyclic) bond motifs is 1. The molecule has 0 N–H and O–H groups in total. The maximum atomic E-state index is 5.84. The van der Waals surface area contributed by atoms with Crippen molar-refractivity contribution in [3.05, 3.63) is 40.9 Å². The molecule has 2 heterocycles. The summed E-state index contributed by atoms with van der Waals surface area (Å²) in [6, 6.07) is 7.37. The molecule has 0 bridgehead atoms. The van der Waals surface area contributed by atoms with Gasteiger partial charge in [-0.3, -0.25) is 0 Å². The van der Waals surface area contributed by atoms with E-state index in [1.807, 2.05) is 24.3 Å². The Bertz CT molecular complexity index is 550. The van der Waals surface area contributed by atoms with Crippen LogP contribution in [0.3, 0.4) is 0 Å². The molecule has 0 atom stereocenters. The highest BCUT2D eigenvalue weighted by Gasteiger charge is 2.14. The molecule has 2 aromatic rings. The van der Waals surface area contributed by atoms with Gasteiger partial charge < -0.3 is 9.30 Å². The number of halogens is 1. The smallest absolute Gasteiger partial charge is 0.171 e. The largest absolute Gasteiger partial charge is 0.486 e. The molecule has 3 rings (SSSR count). The molecule has 0 unspecified atom stereocenters. The van der Waals surface area contributed by atoms with E-state index in [2.05, 4.69) is 14.8 Å². The number of aryl methyl sites for hydroxylation is 1. The van der Waals surface area contributed by atoms with Crippen molar-refractivity contribution in [1.29, 1.82) is 0 Å². The van der Waals surface area contributed by atoms with Gasteiger partial charge in [0.1, 0.15) is 18.2 Å². The summed E-state index contributed by atoms with van der Waals surface area (Å²) in [5, 5.41) is 9.20. The molecule has 0 aliphatic carbocycles. The molecule has 0 amide bonds. The number of nitrogens with zero attached hydrogens (tertiary/aromatic N) is 3. The van der Waals surface area contributed by atoms with Gasteiger partial charge in [-0.05, 0) is 37.1 Å². The third-order valence-corrected chi connectivity index (χ3v) is 3.62. The van der Waals surface area contributed by atoms with Crippen LogP contribution >= 0.6 is 11.6 Å². The Hall–Kier alpha value is -1.55. The molecule has 1 aliphatic heterocycles. The Morgan fingerprint density at radius 1 is 1.11 bits per heavy atom. The van der Waals surface area contributed by atoms with Gasteiger partial charge in [0.2, 0.25) is 0 Å². The second-order valence-corrected chi connectivity index (χ2v) is 5.17. The van der Waals surface area contributed by atoms with Crippen LogP contribution in [0.4, 0.5) is 0 Å². The van der Waals surface area contributed by atoms with Crippen molar-refractivity contribution < 1.29 is 4.74 Å². The summed E-state index contributed by atoms with van der Waals surface area (Å²) in [4.78, 5) is 0. The molecule has 0 radical (unpaired) electrons. The highest BCUT2D eigenvalue weighted by atomic mass is 35.5. The van der Waals surface area contributed by atoms with E-state index in [-0.39, 0.29) is 0 Å². The topological polar surface area (TPSA) is 39.9 Å². The van der Waals surface area contributed by atoms with Gasteiger partial charge in [-0.1, -0.05) is 18.0 Å². The minimum absolute atomic E-state index is 0.453. The highest BCUT2D eigenvalue weighted by Crippen LogP contribution is 2.18. The van der Waals surface area contributed by atoms with E-state index < -0.39 is 0 Å². The molecule has 19 heavy (non-hydrogen) atoms. The second-order valence-electron chi connectivity index (χ2n) is 4.74. The third-order valence-electron chi connectivity index (χ3n) is 3.37. The second kappa shape index (κ2) is 5.61. The van der Waals surface area contributed by atoms with E-state index in [4.69, 9.17) is 16.3 Å². The lowest BCUT2D eigenvalue weighted by molar-refractivity contribution is 0.288. The maximum absolute atomic E-state index is 5.84. The van der Waals surface area contributed by atoms with Crippen LogP contribution in [0.15, 0.2) is 24.3 Å². The molecular weight excluding hydrogens is 262 g/mol. The Balaban J connectivity index is 1.70. The zero-order chi connectivity index (χ0) is 13.1. The van der Waals surface area contributed by atoms with Crippen molar-refractivity contribution in [2.75, 3.05) is 0 Å². The molecule has 1 aliphatic rings. The molecule has 5 heteroatoms. The van der Waals surface area contributed by atoms with Crippen LogP contribution in [-0.2, 0) is 19.6 Å². The zero-order valence-corrected chi connectivity index (χ0v) is 11.4. The molecule has 0 fully saturated rings. The van der Waals surface area contributed by atoms with Gasteiger partial charge in [-0.25, -0.2) is 0 Å². The molecule has 0 saturated heterocycles. The van der Waals surface area contributed by atoms with Crippen molar-refractivity contribution in [1.82, 2.24) is 14.8 Å². The van der Waals surface area contributed by atoms with Crippen LogP contribution < -0.4 is 4.74 Å². The van der Waals surface area contributed by atoms with Crippen molar-refractivity contribution >= 4 is 11.6 Å². The monoisotopic (exact) mass is 277 g/mol. The average Bonchev–Trinajstić information content (AvgIpc) is 2.66. The van der Waals surface area contributed by atoms with Crippen LogP contribution in [0.1, 0.15) is 30.9 Å². The van der Waals surface area contributed by atoms with E-state index in [1.165, 1.54) is 19.3 Å². The summed E-state index contributed by atoms with van der Waals surface area (Å²) < 4.78 is 7.93. The molecule has 4 nitrogen and oxygen atoms in total. The molecule has 100 valence electrons. The van der Waals surface area contributed by atoms with E-state index in [0.29, 0.717) is 11.6 Å². The van der Waals surface area contributed by atoms with E-state index in [1.54, 1.807) is 0 Å². The summed E-state index contributed by atoms with van der Waals surface area (Å²) in [6.45, 7) is 1.45. The minimum atomic E-state index is 0.453. The van der Waals surface area contributed by atoms with Crippen LogP contribution in [-0.4, -0.2) is 14.8 Å². The number of ether oxygens (including phenoxy) is 1. The molecule has 0 saturated carbocycles. The lowest BCUT2D eigenvalue weighted by atomic mass is 10.2. The standard InChI is InChI=1S/C14H16ClN3O/c15-11-5-7-12(8-6-11)19-10-14-17-16-13-4-2-1-3-9-18(13)14/h5-8H,1-4,9-10H2. The number of aromatic nitrogens is 3. The predicted molar refractivity (Wildman–Crippen MR) is 73.4 cm³/mol. The highest BCUT2D eigenvalue weighted by molar-refractivity contribution is 6.30. The van der Waals surface area contributed by atoms with E-state index in [9.17, 15) is 0 Å². The number of hydrogen-bond donors (Lipinski definition) is 0. The number of benzene rings is 1. The fourth-order valence-electron chi connectivity index (χ4n) is 2.33. The first-order chi connectivity index (χ1) is 9.33. The summed E-state index contributed by atoms with van der Waals surface area (Å²) in [5.74, 6) is 2.80. The van der Waals surface area contributed by atoms with Gasteiger partial charge in [0.25, 0.3) is 0 Å². The third kappa shape index (κ3) is 2.89. The first-order valence-electron chi connectivity index (χ1n) is 6.62. The van der Waals surface area contributed by atoms with E-state index in [0.717, 1.165) is 30.4 Å². The molecule has 1 aromatic carbocycles. The van der Waals surface area contributed by atoms with Crippen molar-refractivity contribution in [3.63, 3.8) is 0 Å². The van der Waals surface area contributed by atoms with Gasteiger partial charge in [0, 0.05) is 18.0 Å². The average molecular weight is 278 g/mol. The summed E-state index contributed by atoms with van der Waals surface area (Å²) in [6.07, 6.45) is 4.68. The lowest BCUT2D eigenvalue weighted by Gasteiger charge is -2.08. The predicted octanol–water partition coefficient (Wildman–Crippen LogP) is 3.24. The van der Waals surface area contributed by atoms with Crippen molar-refractivity contribution in [3.8, 4) is 5.75 Å². The fourth-order valence-corrected chi connectivity index (χ4v) is 2.46. The SMILES string of the molecule is Clc1ccc(OCc2nnc3n2CCCCC3)cc1. The Kier molecular flexibility index (Phi) is 3.69. The van der Waals surface area contributed by atoms with Gasteiger partial charge in [-0.15, -0.1) is 10.2 Å². The summed E-state index contributed by atoms with van der Waals surface area (Å²) >= 11 is 5.84. The minimum Gasteiger partial charge on any atom is -0.486 e. The lowest BCUT2D eigenvalue weighted by Crippen LogP contribution is -2.08. The van der Waals surface area contributed by atoms with Crippen molar-refractivity contribution in [2.24, 2.45) is 0 Å². The molecule has 1 aromatic heterocycles. The maximum Gasteiger partial charge on any atom is 0.171 e. The number of hydrogen-bond acceptors (Lipinski definition) is 3.